The molecule has 2 N–H and O–H groups in total. The first kappa shape index (κ1) is 16.8. The fourth-order valence-electron chi connectivity index (χ4n) is 2.27. The summed E-state index contributed by atoms with van der Waals surface area (Å²) in [7, 11) is 0. The molecule has 6 nitrogen and oxygen atoms in total. The van der Waals surface area contributed by atoms with E-state index in [0.717, 1.165) is 50.6 Å². The van der Waals surface area contributed by atoms with Gasteiger partial charge in [0.25, 0.3) is 0 Å². The van der Waals surface area contributed by atoms with Crippen LogP contribution in [0.3, 0.4) is 0 Å². The molecule has 0 saturated carbocycles. The Hall–Kier alpha value is -1.53. The summed E-state index contributed by atoms with van der Waals surface area (Å²) >= 11 is 0. The fourth-order valence-corrected chi connectivity index (χ4v) is 2.27. The summed E-state index contributed by atoms with van der Waals surface area (Å²) in [4.78, 5) is 4.53. The molecule has 22 heavy (non-hydrogen) atoms. The Morgan fingerprint density at radius 1 is 1.27 bits per heavy atom. The van der Waals surface area contributed by atoms with E-state index in [4.69, 9.17) is 13.9 Å². The molecule has 1 aromatic rings. The summed E-state index contributed by atoms with van der Waals surface area (Å²) in [5.74, 6) is 1.34. The molecule has 0 aromatic carbocycles. The number of rotatable bonds is 8. The van der Waals surface area contributed by atoms with E-state index < -0.39 is 5.79 Å². The maximum absolute atomic E-state index is 5.60. The maximum Gasteiger partial charge on any atom is 0.191 e. The summed E-state index contributed by atoms with van der Waals surface area (Å²) in [6.07, 6.45) is 4.35. The third kappa shape index (κ3) is 5.69. The van der Waals surface area contributed by atoms with Crippen LogP contribution in [0.5, 0.6) is 0 Å². The predicted octanol–water partition coefficient (Wildman–Crippen LogP) is 1.92. The minimum atomic E-state index is -0.461. The number of hydrogen-bond donors (Lipinski definition) is 2. The molecule has 6 heteroatoms. The van der Waals surface area contributed by atoms with Crippen LogP contribution in [-0.4, -0.2) is 44.6 Å². The molecule has 124 valence electrons. The van der Waals surface area contributed by atoms with Crippen LogP contribution in [0.2, 0.25) is 0 Å². The standard InChI is InChI=1S/C16H27N3O3/c1-3-8-17-15(18-9-6-14-5-4-11-20-14)19-10-7-16(2)21-12-13-22-16/h4-5,11H,3,6-10,12-13H2,1-2H3,(H2,17,18,19). The molecular weight excluding hydrogens is 282 g/mol. The van der Waals surface area contributed by atoms with Crippen LogP contribution in [0.15, 0.2) is 27.8 Å². The second-order valence-corrected chi connectivity index (χ2v) is 5.49. The van der Waals surface area contributed by atoms with Gasteiger partial charge in [-0.25, -0.2) is 0 Å². The Kier molecular flexibility index (Phi) is 6.74. The highest BCUT2D eigenvalue weighted by atomic mass is 16.7. The average molecular weight is 309 g/mol. The highest BCUT2D eigenvalue weighted by Crippen LogP contribution is 2.21. The maximum atomic E-state index is 5.60. The smallest absolute Gasteiger partial charge is 0.191 e. The van der Waals surface area contributed by atoms with Gasteiger partial charge in [0, 0.05) is 32.5 Å². The van der Waals surface area contributed by atoms with Gasteiger partial charge in [0.15, 0.2) is 11.7 Å². The zero-order chi connectivity index (χ0) is 15.7. The van der Waals surface area contributed by atoms with Crippen LogP contribution in [-0.2, 0) is 15.9 Å². The lowest BCUT2D eigenvalue weighted by molar-refractivity contribution is -0.145. The van der Waals surface area contributed by atoms with E-state index in [0.29, 0.717) is 13.2 Å². The van der Waals surface area contributed by atoms with Gasteiger partial charge in [-0.3, -0.25) is 4.99 Å². The molecule has 2 rings (SSSR count). The topological polar surface area (TPSA) is 68.0 Å². The first-order valence-electron chi connectivity index (χ1n) is 8.04. The number of hydrogen-bond acceptors (Lipinski definition) is 4. The van der Waals surface area contributed by atoms with Gasteiger partial charge in [0.1, 0.15) is 5.76 Å². The minimum Gasteiger partial charge on any atom is -0.469 e. The Bertz CT molecular complexity index is 439. The Morgan fingerprint density at radius 3 is 2.73 bits per heavy atom. The molecule has 1 aromatic heterocycles. The van der Waals surface area contributed by atoms with Crippen LogP contribution >= 0.6 is 0 Å². The van der Waals surface area contributed by atoms with Crippen LogP contribution in [0, 0.1) is 0 Å². The predicted molar refractivity (Wildman–Crippen MR) is 85.9 cm³/mol. The lowest BCUT2D eigenvalue weighted by Gasteiger charge is -2.22. The SMILES string of the molecule is CCCN=C(NCCc1ccco1)NCCC1(C)OCCO1. The second kappa shape index (κ2) is 8.80. The van der Waals surface area contributed by atoms with Crippen molar-refractivity contribution < 1.29 is 13.9 Å². The van der Waals surface area contributed by atoms with Gasteiger partial charge in [-0.1, -0.05) is 6.92 Å². The van der Waals surface area contributed by atoms with Crippen LogP contribution in [0.25, 0.3) is 0 Å². The van der Waals surface area contributed by atoms with Crippen molar-refractivity contribution in [3.05, 3.63) is 24.2 Å². The monoisotopic (exact) mass is 309 g/mol. The molecule has 2 heterocycles. The van der Waals surface area contributed by atoms with E-state index in [2.05, 4.69) is 22.5 Å². The molecule has 0 atom stereocenters. The van der Waals surface area contributed by atoms with Gasteiger partial charge in [0.05, 0.1) is 19.5 Å². The molecule has 0 radical (unpaired) electrons. The number of nitrogens with zero attached hydrogens (tertiary/aromatic N) is 1. The number of furan rings is 1. The quantitative estimate of drug-likeness (QED) is 0.567. The van der Waals surface area contributed by atoms with Gasteiger partial charge in [-0.05, 0) is 25.5 Å². The van der Waals surface area contributed by atoms with Crippen molar-refractivity contribution in [1.82, 2.24) is 10.6 Å². The summed E-state index contributed by atoms with van der Waals surface area (Å²) in [6.45, 7) is 7.80. The molecular formula is C16H27N3O3. The van der Waals surface area contributed by atoms with Crippen molar-refractivity contribution in [2.45, 2.75) is 38.9 Å². The van der Waals surface area contributed by atoms with Gasteiger partial charge in [0.2, 0.25) is 0 Å². The molecule has 0 spiro atoms. The van der Waals surface area contributed by atoms with Crippen molar-refractivity contribution >= 4 is 5.96 Å². The third-order valence-electron chi connectivity index (χ3n) is 3.51. The highest BCUT2D eigenvalue weighted by Gasteiger charge is 2.30. The zero-order valence-electron chi connectivity index (χ0n) is 13.6. The van der Waals surface area contributed by atoms with Crippen molar-refractivity contribution in [3.63, 3.8) is 0 Å². The average Bonchev–Trinajstić information content (AvgIpc) is 3.16. The van der Waals surface area contributed by atoms with Crippen molar-refractivity contribution in [2.75, 3.05) is 32.8 Å². The summed E-state index contributed by atoms with van der Waals surface area (Å²) < 4.78 is 16.5. The molecule has 0 amide bonds. The lowest BCUT2D eigenvalue weighted by atomic mass is 10.2. The fraction of sp³-hybridized carbons (Fsp3) is 0.688. The van der Waals surface area contributed by atoms with Crippen LogP contribution in [0.1, 0.15) is 32.4 Å². The zero-order valence-corrected chi connectivity index (χ0v) is 13.6. The molecule has 0 unspecified atom stereocenters. The van der Waals surface area contributed by atoms with E-state index in [-0.39, 0.29) is 0 Å². The molecule has 1 saturated heterocycles. The van der Waals surface area contributed by atoms with Gasteiger partial charge >= 0.3 is 0 Å². The number of nitrogens with one attached hydrogen (secondary N) is 2. The molecule has 0 bridgehead atoms. The van der Waals surface area contributed by atoms with Gasteiger partial charge in [-0.15, -0.1) is 0 Å². The molecule has 1 fully saturated rings. The second-order valence-electron chi connectivity index (χ2n) is 5.49. The normalized spacial score (nSPS) is 17.6. The summed E-state index contributed by atoms with van der Waals surface area (Å²) in [5, 5.41) is 6.66. The summed E-state index contributed by atoms with van der Waals surface area (Å²) in [6, 6.07) is 3.88. The Labute approximate surface area is 132 Å². The third-order valence-corrected chi connectivity index (χ3v) is 3.51. The van der Waals surface area contributed by atoms with Gasteiger partial charge < -0.3 is 24.5 Å². The van der Waals surface area contributed by atoms with Crippen molar-refractivity contribution in [2.24, 2.45) is 4.99 Å². The van der Waals surface area contributed by atoms with E-state index in [9.17, 15) is 0 Å². The summed E-state index contributed by atoms with van der Waals surface area (Å²) in [5.41, 5.74) is 0. The van der Waals surface area contributed by atoms with Gasteiger partial charge in [-0.2, -0.15) is 0 Å². The minimum absolute atomic E-state index is 0.461. The highest BCUT2D eigenvalue weighted by molar-refractivity contribution is 5.79. The van der Waals surface area contributed by atoms with Crippen molar-refractivity contribution in [3.8, 4) is 0 Å². The number of ether oxygens (including phenoxy) is 2. The molecule has 1 aliphatic rings. The molecule has 0 aliphatic carbocycles. The first-order valence-corrected chi connectivity index (χ1v) is 8.04. The van der Waals surface area contributed by atoms with E-state index in [1.54, 1.807) is 6.26 Å². The number of guanidine groups is 1. The van der Waals surface area contributed by atoms with Crippen LogP contribution in [0.4, 0.5) is 0 Å². The Morgan fingerprint density at radius 2 is 2.05 bits per heavy atom. The van der Waals surface area contributed by atoms with E-state index in [1.807, 2.05) is 19.1 Å². The molecule has 1 aliphatic heterocycles. The lowest BCUT2D eigenvalue weighted by Crippen LogP contribution is -2.41. The number of aliphatic imine (C=N–C) groups is 1. The van der Waals surface area contributed by atoms with E-state index >= 15 is 0 Å². The van der Waals surface area contributed by atoms with E-state index in [1.165, 1.54) is 0 Å². The van der Waals surface area contributed by atoms with Crippen LogP contribution < -0.4 is 10.6 Å². The Balaban J connectivity index is 1.71. The largest absolute Gasteiger partial charge is 0.469 e. The van der Waals surface area contributed by atoms with Crippen molar-refractivity contribution in [1.29, 1.82) is 0 Å². The first-order chi connectivity index (χ1) is 10.7.